The predicted molar refractivity (Wildman–Crippen MR) is 159 cm³/mol. The van der Waals surface area contributed by atoms with E-state index in [0.29, 0.717) is 56.7 Å². The third-order valence-corrected chi connectivity index (χ3v) is 7.25. The summed E-state index contributed by atoms with van der Waals surface area (Å²) in [6, 6.07) is 10.3. The molecule has 1 amide bonds. The Hall–Kier alpha value is -3.89. The molecule has 4 aromatic rings. The van der Waals surface area contributed by atoms with E-state index < -0.39 is 5.60 Å². The molecule has 1 saturated heterocycles. The molecule has 5 rings (SSSR count). The first-order valence-corrected chi connectivity index (χ1v) is 13.9. The molecule has 0 unspecified atom stereocenters. The summed E-state index contributed by atoms with van der Waals surface area (Å²) >= 11 is 12.7. The van der Waals surface area contributed by atoms with Gasteiger partial charge in [-0.2, -0.15) is 4.98 Å². The second-order valence-electron chi connectivity index (χ2n) is 11.0. The van der Waals surface area contributed by atoms with Gasteiger partial charge in [0.15, 0.2) is 0 Å². The highest BCUT2D eigenvalue weighted by molar-refractivity contribution is 6.39. The lowest BCUT2D eigenvalue weighted by molar-refractivity contribution is 0.0224. The molecule has 0 saturated carbocycles. The van der Waals surface area contributed by atoms with Crippen LogP contribution in [-0.4, -0.2) is 54.8 Å². The molecule has 4 heterocycles. The van der Waals surface area contributed by atoms with Gasteiger partial charge in [-0.1, -0.05) is 29.3 Å². The van der Waals surface area contributed by atoms with E-state index in [4.69, 9.17) is 32.7 Å². The molecule has 0 spiro atoms. The van der Waals surface area contributed by atoms with Gasteiger partial charge in [0.2, 0.25) is 5.95 Å². The number of aromatic nitrogens is 4. The lowest BCUT2D eigenvalue weighted by Crippen LogP contribution is -2.39. The van der Waals surface area contributed by atoms with Gasteiger partial charge in [-0.05, 0) is 58.0 Å². The number of likely N-dealkylation sites (tertiary alicyclic amines) is 1. The summed E-state index contributed by atoms with van der Waals surface area (Å²) in [5.74, 6) is 1.34. The molecule has 1 fully saturated rings. The van der Waals surface area contributed by atoms with Crippen molar-refractivity contribution in [2.24, 2.45) is 7.05 Å². The van der Waals surface area contributed by atoms with Crippen LogP contribution in [0.1, 0.15) is 34.1 Å². The van der Waals surface area contributed by atoms with Gasteiger partial charge in [0.05, 0.1) is 28.4 Å². The van der Waals surface area contributed by atoms with Crippen LogP contribution < -0.4 is 15.6 Å². The van der Waals surface area contributed by atoms with E-state index in [-0.39, 0.29) is 29.7 Å². The Morgan fingerprint density at radius 1 is 1.10 bits per heavy atom. The maximum Gasteiger partial charge on any atom is 0.410 e. The van der Waals surface area contributed by atoms with Gasteiger partial charge in [0, 0.05) is 36.7 Å². The molecule has 0 bridgehead atoms. The van der Waals surface area contributed by atoms with E-state index in [2.05, 4.69) is 20.3 Å². The number of anilines is 2. The number of halogens is 2. The summed E-state index contributed by atoms with van der Waals surface area (Å²) < 4.78 is 13.0. The maximum absolute atomic E-state index is 13.2. The largest absolute Gasteiger partial charge is 0.487 e. The third kappa shape index (κ3) is 6.23. The van der Waals surface area contributed by atoms with Gasteiger partial charge in [-0.25, -0.2) is 14.8 Å². The monoisotopic (exact) mass is 596 g/mol. The molecular weight excluding hydrogens is 567 g/mol. The third-order valence-electron chi connectivity index (χ3n) is 6.62. The molecule has 10 nitrogen and oxygen atoms in total. The number of hydrogen-bond donors (Lipinski definition) is 1. The second kappa shape index (κ2) is 11.2. The summed E-state index contributed by atoms with van der Waals surface area (Å²) in [5.41, 5.74) is 0.423. The molecular formula is C29H30Cl2N6O4. The van der Waals surface area contributed by atoms with Crippen molar-refractivity contribution in [3.63, 3.8) is 0 Å². The van der Waals surface area contributed by atoms with Gasteiger partial charge < -0.3 is 19.7 Å². The van der Waals surface area contributed by atoms with Crippen LogP contribution in [0.25, 0.3) is 22.2 Å². The number of carbonyl (C=O) groups is 1. The topological polar surface area (TPSA) is 111 Å². The number of pyridine rings is 2. The minimum Gasteiger partial charge on any atom is -0.487 e. The van der Waals surface area contributed by atoms with E-state index in [1.165, 1.54) is 4.57 Å². The zero-order valence-corrected chi connectivity index (χ0v) is 24.8. The van der Waals surface area contributed by atoms with Crippen molar-refractivity contribution >= 4 is 52.1 Å². The van der Waals surface area contributed by atoms with Gasteiger partial charge in [0.25, 0.3) is 5.56 Å². The van der Waals surface area contributed by atoms with Crippen LogP contribution in [0.2, 0.25) is 10.0 Å². The number of benzene rings is 1. The molecule has 12 heteroatoms. The highest BCUT2D eigenvalue weighted by Gasteiger charge is 2.36. The number of nitrogens with zero attached hydrogens (tertiary/aromatic N) is 5. The Morgan fingerprint density at radius 2 is 1.83 bits per heavy atom. The van der Waals surface area contributed by atoms with Gasteiger partial charge in [-0.3, -0.25) is 9.36 Å². The van der Waals surface area contributed by atoms with E-state index in [1.54, 1.807) is 60.7 Å². The van der Waals surface area contributed by atoms with Crippen LogP contribution >= 0.6 is 23.2 Å². The minimum atomic E-state index is -0.556. The number of hydrogen-bond acceptors (Lipinski definition) is 8. The van der Waals surface area contributed by atoms with Crippen LogP contribution in [-0.2, 0) is 11.8 Å². The maximum atomic E-state index is 13.2. The average molecular weight is 598 g/mol. The highest BCUT2D eigenvalue weighted by atomic mass is 35.5. The van der Waals surface area contributed by atoms with Crippen LogP contribution in [0.4, 0.5) is 16.6 Å². The Kier molecular flexibility index (Phi) is 7.80. The van der Waals surface area contributed by atoms with Crippen molar-refractivity contribution in [2.75, 3.05) is 11.9 Å². The van der Waals surface area contributed by atoms with E-state index in [0.717, 1.165) is 0 Å². The number of amides is 1. The van der Waals surface area contributed by atoms with Crippen LogP contribution in [0.3, 0.4) is 0 Å². The number of aryl methyl sites for hydroxylation is 1. The molecule has 1 aliphatic rings. The summed E-state index contributed by atoms with van der Waals surface area (Å²) in [4.78, 5) is 40.7. The number of carbonyl (C=O) groups excluding carboxylic acids is 1. The average Bonchev–Trinajstić information content (AvgIpc) is 3.27. The lowest BCUT2D eigenvalue weighted by atomic mass is 10.1. The molecule has 0 radical (unpaired) electrons. The fraction of sp³-hybridized carbons (Fsp3) is 0.345. The number of ether oxygens (including phenoxy) is 2. The van der Waals surface area contributed by atoms with Crippen molar-refractivity contribution in [3.8, 4) is 16.9 Å². The van der Waals surface area contributed by atoms with Crippen LogP contribution in [0.5, 0.6) is 5.75 Å². The Bertz CT molecular complexity index is 1650. The molecule has 1 aliphatic heterocycles. The van der Waals surface area contributed by atoms with E-state index >= 15 is 0 Å². The first kappa shape index (κ1) is 28.6. The molecule has 0 aliphatic carbocycles. The van der Waals surface area contributed by atoms with Crippen molar-refractivity contribution < 1.29 is 14.3 Å². The minimum absolute atomic E-state index is 0.00232. The molecule has 2 atom stereocenters. The predicted octanol–water partition coefficient (Wildman–Crippen LogP) is 6.22. The fourth-order valence-corrected chi connectivity index (χ4v) is 5.32. The zero-order valence-electron chi connectivity index (χ0n) is 23.3. The SMILES string of the molecule is C[C@@H]1C[C@@H](Oc2ccc(Nc3ncc4cc(-c5c(Cl)cccc5Cl)c(=O)n(C)c4n3)nc2)CN1C(=O)OC(C)(C)C. The zero-order chi connectivity index (χ0) is 29.5. The van der Waals surface area contributed by atoms with Gasteiger partial charge in [0.1, 0.15) is 28.9 Å². The van der Waals surface area contributed by atoms with Crippen molar-refractivity contribution in [1.82, 2.24) is 24.4 Å². The highest BCUT2D eigenvalue weighted by Crippen LogP contribution is 2.34. The molecule has 214 valence electrons. The van der Waals surface area contributed by atoms with E-state index in [9.17, 15) is 9.59 Å². The Balaban J connectivity index is 1.29. The lowest BCUT2D eigenvalue weighted by Gasteiger charge is -2.26. The summed E-state index contributed by atoms with van der Waals surface area (Å²) in [6.07, 6.45) is 3.39. The van der Waals surface area contributed by atoms with E-state index in [1.807, 2.05) is 27.7 Å². The van der Waals surface area contributed by atoms with Gasteiger partial charge in [-0.15, -0.1) is 0 Å². The Morgan fingerprint density at radius 3 is 2.49 bits per heavy atom. The smallest absolute Gasteiger partial charge is 0.410 e. The number of fused-ring (bicyclic) bond motifs is 1. The summed E-state index contributed by atoms with van der Waals surface area (Å²) in [7, 11) is 1.63. The standard InChI is InChI=1S/C29H30Cl2N6O4/c1-16-11-19(15-37(16)28(39)41-29(2,3)4)40-18-9-10-23(32-14-18)34-27-33-13-17-12-20(26(38)36(5)25(17)35-27)24-21(30)7-6-8-22(24)31/h6-10,12-14,16,19H,11,15H2,1-5H3,(H,32,33,34,35)/t16-,19-/m1/s1. The fourth-order valence-electron chi connectivity index (χ4n) is 4.71. The Labute approximate surface area is 247 Å². The quantitative estimate of drug-likeness (QED) is 0.289. The van der Waals surface area contributed by atoms with Crippen molar-refractivity contribution in [1.29, 1.82) is 0 Å². The number of nitrogens with one attached hydrogen (secondary N) is 1. The van der Waals surface area contributed by atoms with Crippen LogP contribution in [0, 0.1) is 0 Å². The molecule has 41 heavy (non-hydrogen) atoms. The first-order chi connectivity index (χ1) is 19.4. The summed E-state index contributed by atoms with van der Waals surface area (Å²) in [6.45, 7) is 7.95. The summed E-state index contributed by atoms with van der Waals surface area (Å²) in [5, 5.41) is 4.48. The molecule has 3 aromatic heterocycles. The molecule has 1 N–H and O–H groups in total. The number of rotatable bonds is 5. The van der Waals surface area contributed by atoms with Crippen molar-refractivity contribution in [3.05, 3.63) is 69.2 Å². The second-order valence-corrected chi connectivity index (χ2v) is 11.8. The van der Waals surface area contributed by atoms with Gasteiger partial charge >= 0.3 is 6.09 Å². The van der Waals surface area contributed by atoms with Crippen LogP contribution in [0.15, 0.2) is 53.6 Å². The van der Waals surface area contributed by atoms with Crippen molar-refractivity contribution in [2.45, 2.75) is 51.9 Å². The molecule has 1 aromatic carbocycles. The first-order valence-electron chi connectivity index (χ1n) is 13.1. The normalized spacial score (nSPS) is 17.1.